The third kappa shape index (κ3) is 11.0. The Balaban J connectivity index is 0.861. The zero-order valence-corrected chi connectivity index (χ0v) is 41.4. The van der Waals surface area contributed by atoms with Crippen molar-refractivity contribution in [1.82, 2.24) is 44.9 Å². The second-order valence-corrected chi connectivity index (χ2v) is 24.1. The van der Waals surface area contributed by atoms with E-state index in [9.17, 15) is 0 Å². The fraction of sp³-hybridized carbons (Fsp3) is 0.839. The fourth-order valence-corrected chi connectivity index (χ4v) is 13.7. The highest BCUT2D eigenvalue weighted by atomic mass is 15.1. The van der Waals surface area contributed by atoms with Crippen LogP contribution in [0.4, 0.5) is 0 Å². The molecule has 354 valence electrons. The lowest BCUT2D eigenvalue weighted by Crippen LogP contribution is -2.24. The Bertz CT molecular complexity index is 1790. The normalized spacial score (nSPS) is 37.4. The first kappa shape index (κ1) is 45.8. The molecule has 10 rings (SSSR count). The van der Waals surface area contributed by atoms with Crippen LogP contribution in [0, 0.1) is 29.6 Å². The van der Waals surface area contributed by atoms with Crippen molar-refractivity contribution in [1.29, 1.82) is 0 Å². The van der Waals surface area contributed by atoms with Crippen molar-refractivity contribution >= 4 is 0 Å². The maximum absolute atomic E-state index is 5.51. The monoisotopic (exact) mass is 884 g/mol. The van der Waals surface area contributed by atoms with Crippen molar-refractivity contribution in [3.8, 4) is 0 Å². The summed E-state index contributed by atoms with van der Waals surface area (Å²) in [6, 6.07) is 0. The molecule has 0 saturated heterocycles. The summed E-state index contributed by atoms with van der Waals surface area (Å²) in [6.45, 7) is 12.1. The molecule has 0 atom stereocenters. The van der Waals surface area contributed by atoms with Crippen LogP contribution >= 0.6 is 0 Å². The predicted octanol–water partition coefficient (Wildman–Crippen LogP) is 14.6. The number of aromatic nitrogens is 9. The van der Waals surface area contributed by atoms with Crippen LogP contribution in [0.15, 0.2) is 0 Å². The largest absolute Gasteiger partial charge is 0.217 e. The van der Waals surface area contributed by atoms with Crippen molar-refractivity contribution in [2.24, 2.45) is 29.6 Å². The predicted molar refractivity (Wildman–Crippen MR) is 259 cm³/mol. The number of hydrogen-bond acceptors (Lipinski definition) is 9. The molecular formula is C56H85N9. The first-order valence-corrected chi connectivity index (χ1v) is 27.9. The van der Waals surface area contributed by atoms with Crippen LogP contribution in [-0.2, 0) is 0 Å². The van der Waals surface area contributed by atoms with Crippen LogP contribution < -0.4 is 0 Å². The van der Waals surface area contributed by atoms with Gasteiger partial charge >= 0.3 is 0 Å². The minimum Gasteiger partial charge on any atom is -0.217 e. The molecule has 0 unspecified atom stereocenters. The molecule has 7 aliphatic rings. The van der Waals surface area contributed by atoms with E-state index in [4.69, 9.17) is 44.9 Å². The zero-order valence-electron chi connectivity index (χ0n) is 41.4. The average molecular weight is 884 g/mol. The molecule has 0 spiro atoms. The molecule has 0 aromatic carbocycles. The van der Waals surface area contributed by atoms with Crippen molar-refractivity contribution in [2.75, 3.05) is 0 Å². The van der Waals surface area contributed by atoms with E-state index in [2.05, 4.69) is 34.6 Å². The summed E-state index contributed by atoms with van der Waals surface area (Å²) >= 11 is 0. The van der Waals surface area contributed by atoms with Crippen LogP contribution in [0.3, 0.4) is 0 Å². The molecule has 9 nitrogen and oxygen atoms in total. The van der Waals surface area contributed by atoms with Crippen LogP contribution in [0.1, 0.15) is 320 Å². The van der Waals surface area contributed by atoms with Crippen LogP contribution in [-0.4, -0.2) is 44.9 Å². The van der Waals surface area contributed by atoms with Gasteiger partial charge in [-0.15, -0.1) is 0 Å². The Morgan fingerprint density at radius 2 is 0.262 bits per heavy atom. The Hall–Kier alpha value is -2.97. The second kappa shape index (κ2) is 20.7. The van der Waals surface area contributed by atoms with Gasteiger partial charge < -0.3 is 0 Å². The minimum atomic E-state index is 0.374. The van der Waals surface area contributed by atoms with Gasteiger partial charge in [0.1, 0.15) is 52.4 Å². The molecule has 0 bridgehead atoms. The van der Waals surface area contributed by atoms with E-state index in [0.29, 0.717) is 53.3 Å². The molecule has 0 aliphatic heterocycles. The van der Waals surface area contributed by atoms with Gasteiger partial charge in [0.05, 0.1) is 0 Å². The van der Waals surface area contributed by atoms with Crippen molar-refractivity contribution in [2.45, 2.75) is 268 Å². The molecule has 65 heavy (non-hydrogen) atoms. The average Bonchev–Trinajstić information content (AvgIpc) is 3.35. The molecule has 3 aromatic rings. The lowest BCUT2D eigenvalue weighted by molar-refractivity contribution is 0.318. The summed E-state index contributed by atoms with van der Waals surface area (Å²) in [5.74, 6) is 18.0. The van der Waals surface area contributed by atoms with E-state index in [1.54, 1.807) is 0 Å². The molecule has 0 amide bonds. The van der Waals surface area contributed by atoms with E-state index >= 15 is 0 Å². The second-order valence-electron chi connectivity index (χ2n) is 24.1. The zero-order chi connectivity index (χ0) is 44.4. The van der Waals surface area contributed by atoms with Gasteiger partial charge in [0.25, 0.3) is 0 Å². The van der Waals surface area contributed by atoms with Gasteiger partial charge in [0, 0.05) is 53.3 Å². The molecule has 7 fully saturated rings. The van der Waals surface area contributed by atoms with Gasteiger partial charge in [0.2, 0.25) is 0 Å². The summed E-state index contributed by atoms with van der Waals surface area (Å²) < 4.78 is 0. The third-order valence-corrected chi connectivity index (χ3v) is 18.9. The summed E-state index contributed by atoms with van der Waals surface area (Å²) in [6.07, 6.45) is 34.0. The molecule has 0 N–H and O–H groups in total. The Labute approximate surface area is 393 Å². The van der Waals surface area contributed by atoms with E-state index in [0.717, 1.165) is 133 Å². The van der Waals surface area contributed by atoms with Crippen molar-refractivity contribution in [3.05, 3.63) is 52.4 Å². The SMILES string of the molecule is CC1CCC(c2nc(C3CCC(C)CC3)nc(C3CCC(c4nc(C5CCC(C)CC5)nc(C5CCC(c6nc(C7CCC(C)CC7)nc(C7CCC(C)CC7)n6)CC5)n4)CC3)n2)CC1. The number of hydrogen-bond donors (Lipinski definition) is 0. The van der Waals surface area contributed by atoms with Gasteiger partial charge in [0.15, 0.2) is 0 Å². The number of nitrogens with zero attached hydrogens (tertiary/aromatic N) is 9. The molecule has 9 heteroatoms. The summed E-state index contributed by atoms with van der Waals surface area (Å²) in [5, 5.41) is 0. The highest BCUT2D eigenvalue weighted by Gasteiger charge is 2.36. The van der Waals surface area contributed by atoms with Gasteiger partial charge in [-0.2, -0.15) is 0 Å². The lowest BCUT2D eigenvalue weighted by atomic mass is 9.79. The summed E-state index contributed by atoms with van der Waals surface area (Å²) in [7, 11) is 0. The van der Waals surface area contributed by atoms with E-state index in [1.807, 2.05) is 0 Å². The lowest BCUT2D eigenvalue weighted by Gasteiger charge is -2.32. The quantitative estimate of drug-likeness (QED) is 0.207. The fourth-order valence-electron chi connectivity index (χ4n) is 13.7. The smallest absolute Gasteiger partial charge is 0.135 e. The van der Waals surface area contributed by atoms with Gasteiger partial charge in [-0.05, 0) is 145 Å². The standard InChI is InChI=1S/C56H85N9/c1-34-6-16-39(17-7-34)48-57-49(40-18-8-35(2)9-19-40)60-53(59-48)44-26-30-46(31-27-44)55-63-52(43-24-14-38(5)15-25-43)64-56(65-55)47-32-28-45(29-33-47)54-61-50(41-20-10-36(3)11-21-41)58-51(62-54)42-22-12-37(4)13-23-42/h34-47H,6-33H2,1-5H3. The highest BCUT2D eigenvalue weighted by molar-refractivity contribution is 5.17. The van der Waals surface area contributed by atoms with E-state index < -0.39 is 0 Å². The summed E-state index contributed by atoms with van der Waals surface area (Å²) in [4.78, 5) is 48.6. The first-order valence-electron chi connectivity index (χ1n) is 27.9. The van der Waals surface area contributed by atoms with Crippen molar-refractivity contribution < 1.29 is 0 Å². The topological polar surface area (TPSA) is 116 Å². The minimum absolute atomic E-state index is 0.374. The van der Waals surface area contributed by atoms with Gasteiger partial charge in [-0.25, -0.2) is 44.9 Å². The summed E-state index contributed by atoms with van der Waals surface area (Å²) in [5.41, 5.74) is 0. The Morgan fingerprint density at radius 3 is 0.369 bits per heavy atom. The van der Waals surface area contributed by atoms with Crippen LogP contribution in [0.5, 0.6) is 0 Å². The van der Waals surface area contributed by atoms with E-state index in [-0.39, 0.29) is 0 Å². The molecule has 7 aliphatic carbocycles. The molecule has 3 heterocycles. The molecule has 0 radical (unpaired) electrons. The number of rotatable bonds is 9. The molecule has 7 saturated carbocycles. The van der Waals surface area contributed by atoms with Gasteiger partial charge in [-0.1, -0.05) is 98.8 Å². The van der Waals surface area contributed by atoms with Crippen LogP contribution in [0.25, 0.3) is 0 Å². The van der Waals surface area contributed by atoms with Crippen molar-refractivity contribution in [3.63, 3.8) is 0 Å². The Morgan fingerprint density at radius 1 is 0.169 bits per heavy atom. The molecule has 3 aromatic heterocycles. The van der Waals surface area contributed by atoms with Crippen LogP contribution in [0.2, 0.25) is 0 Å². The maximum atomic E-state index is 5.51. The first-order chi connectivity index (χ1) is 31.7. The van der Waals surface area contributed by atoms with Gasteiger partial charge in [-0.3, -0.25) is 0 Å². The maximum Gasteiger partial charge on any atom is 0.135 e. The highest BCUT2D eigenvalue weighted by Crippen LogP contribution is 2.45. The Kier molecular flexibility index (Phi) is 14.6. The van der Waals surface area contributed by atoms with E-state index in [1.165, 1.54) is 128 Å². The molecular weight excluding hydrogens is 799 g/mol. The third-order valence-electron chi connectivity index (χ3n) is 18.9.